The van der Waals surface area contributed by atoms with Gasteiger partial charge in [-0.2, -0.15) is 0 Å². The fourth-order valence-electron chi connectivity index (χ4n) is 0.583. The zero-order valence-corrected chi connectivity index (χ0v) is 6.50. The third kappa shape index (κ3) is 1.63. The zero-order valence-electron chi connectivity index (χ0n) is 4.99. The number of halogens is 2. The molecule has 1 rings (SSSR count). The smallest absolute Gasteiger partial charge is 0.0587 e. The molecule has 1 aliphatic heterocycles. The van der Waals surface area contributed by atoms with Crippen LogP contribution in [0.15, 0.2) is 22.3 Å². The molecule has 1 nitrogen and oxygen atoms in total. The summed E-state index contributed by atoms with van der Waals surface area (Å²) in [5.74, 6) is 0. The van der Waals surface area contributed by atoms with Crippen molar-refractivity contribution < 1.29 is 0 Å². The molecular weight excluding hydrogens is 157 g/mol. The first kappa shape index (κ1) is 6.97. The summed E-state index contributed by atoms with van der Waals surface area (Å²) < 4.78 is 0. The summed E-state index contributed by atoms with van der Waals surface area (Å²) in [5, 5.41) is 4.39. The summed E-state index contributed by atoms with van der Waals surface area (Å²) in [6, 6.07) is 0.203. The Morgan fingerprint density at radius 3 is 2.67 bits per heavy atom. The predicted molar refractivity (Wildman–Crippen MR) is 40.5 cm³/mol. The summed E-state index contributed by atoms with van der Waals surface area (Å²) >= 11 is 11.3. The average molecular weight is 164 g/mol. The molecule has 1 N–H and O–H groups in total. The molecule has 0 saturated heterocycles. The van der Waals surface area contributed by atoms with Gasteiger partial charge in [0.05, 0.1) is 11.1 Å². The second kappa shape index (κ2) is 2.63. The van der Waals surface area contributed by atoms with Crippen LogP contribution in [0.3, 0.4) is 0 Å². The van der Waals surface area contributed by atoms with Crippen molar-refractivity contribution in [2.45, 2.75) is 13.0 Å². The molecule has 0 aromatic rings. The molecule has 50 valence electrons. The molecule has 0 bridgehead atoms. The van der Waals surface area contributed by atoms with Crippen LogP contribution in [0.2, 0.25) is 0 Å². The summed E-state index contributed by atoms with van der Waals surface area (Å²) in [6.07, 6.45) is 3.47. The van der Waals surface area contributed by atoms with Gasteiger partial charge in [-0.25, -0.2) is 0 Å². The normalized spacial score (nSPS) is 26.3. The van der Waals surface area contributed by atoms with Gasteiger partial charge in [-0.15, -0.1) is 0 Å². The van der Waals surface area contributed by atoms with E-state index >= 15 is 0 Å². The maximum atomic E-state index is 5.74. The first-order valence-electron chi connectivity index (χ1n) is 2.69. The highest BCUT2D eigenvalue weighted by molar-refractivity contribution is 6.35. The molecule has 1 aliphatic rings. The van der Waals surface area contributed by atoms with Gasteiger partial charge in [-0.3, -0.25) is 0 Å². The van der Waals surface area contributed by atoms with E-state index in [2.05, 4.69) is 5.32 Å². The second-order valence-electron chi connectivity index (χ2n) is 1.95. The first-order chi connectivity index (χ1) is 4.20. The van der Waals surface area contributed by atoms with Gasteiger partial charge in [0, 0.05) is 11.2 Å². The Hall–Kier alpha value is -0.140. The van der Waals surface area contributed by atoms with E-state index in [9.17, 15) is 0 Å². The number of hydrogen-bond donors (Lipinski definition) is 1. The van der Waals surface area contributed by atoms with Gasteiger partial charge in [0.2, 0.25) is 0 Å². The minimum absolute atomic E-state index is 0.203. The van der Waals surface area contributed by atoms with E-state index in [1.165, 1.54) is 0 Å². The van der Waals surface area contributed by atoms with Crippen LogP contribution < -0.4 is 5.32 Å². The van der Waals surface area contributed by atoms with Crippen LogP contribution in [0.4, 0.5) is 0 Å². The van der Waals surface area contributed by atoms with E-state index in [1.807, 2.05) is 6.92 Å². The van der Waals surface area contributed by atoms with E-state index in [0.29, 0.717) is 5.03 Å². The molecule has 0 amide bonds. The van der Waals surface area contributed by atoms with Gasteiger partial charge >= 0.3 is 0 Å². The lowest BCUT2D eigenvalue weighted by molar-refractivity contribution is 0.746. The molecule has 1 heterocycles. The maximum absolute atomic E-state index is 5.74. The minimum Gasteiger partial charge on any atom is -0.382 e. The molecule has 0 fully saturated rings. The predicted octanol–water partition coefficient (Wildman–Crippen LogP) is 2.18. The molecule has 9 heavy (non-hydrogen) atoms. The number of dihydropyridines is 1. The summed E-state index contributed by atoms with van der Waals surface area (Å²) in [5.41, 5.74) is 0. The molecule has 0 radical (unpaired) electrons. The fraction of sp³-hybridized carbons (Fsp3) is 0.333. The lowest BCUT2D eigenvalue weighted by Gasteiger charge is -2.14. The van der Waals surface area contributed by atoms with Gasteiger partial charge in [0.1, 0.15) is 0 Å². The Bertz CT molecular complexity index is 172. The highest BCUT2D eigenvalue weighted by Crippen LogP contribution is 2.17. The first-order valence-corrected chi connectivity index (χ1v) is 3.44. The van der Waals surface area contributed by atoms with Crippen molar-refractivity contribution in [3.8, 4) is 0 Å². The van der Waals surface area contributed by atoms with Crippen LogP contribution in [0.1, 0.15) is 6.92 Å². The van der Waals surface area contributed by atoms with Gasteiger partial charge in [-0.05, 0) is 13.0 Å². The van der Waals surface area contributed by atoms with Crippen molar-refractivity contribution in [3.05, 3.63) is 22.3 Å². The van der Waals surface area contributed by atoms with Gasteiger partial charge in [0.15, 0.2) is 0 Å². The van der Waals surface area contributed by atoms with Crippen molar-refractivity contribution >= 4 is 23.2 Å². The second-order valence-corrected chi connectivity index (χ2v) is 2.82. The summed E-state index contributed by atoms with van der Waals surface area (Å²) in [4.78, 5) is 0. The minimum atomic E-state index is 0.203. The van der Waals surface area contributed by atoms with Crippen LogP contribution >= 0.6 is 23.2 Å². The van der Waals surface area contributed by atoms with Gasteiger partial charge in [0.25, 0.3) is 0 Å². The number of nitrogens with one attached hydrogen (secondary N) is 1. The zero-order chi connectivity index (χ0) is 6.85. The van der Waals surface area contributed by atoms with Crippen LogP contribution in [-0.4, -0.2) is 6.04 Å². The van der Waals surface area contributed by atoms with Crippen LogP contribution in [0.25, 0.3) is 0 Å². The Balaban J connectivity index is 2.74. The van der Waals surface area contributed by atoms with E-state index < -0.39 is 0 Å². The number of hydrogen-bond acceptors (Lipinski definition) is 1. The van der Waals surface area contributed by atoms with E-state index in [0.717, 1.165) is 5.03 Å². The van der Waals surface area contributed by atoms with Crippen molar-refractivity contribution in [2.24, 2.45) is 0 Å². The van der Waals surface area contributed by atoms with Gasteiger partial charge < -0.3 is 5.32 Å². The Morgan fingerprint density at radius 1 is 1.56 bits per heavy atom. The third-order valence-electron chi connectivity index (χ3n) is 1.16. The molecule has 0 spiro atoms. The average Bonchev–Trinajstić information content (AvgIpc) is 1.80. The van der Waals surface area contributed by atoms with Crippen LogP contribution in [0, 0.1) is 0 Å². The molecule has 0 aromatic heterocycles. The molecule has 1 unspecified atom stereocenters. The van der Waals surface area contributed by atoms with E-state index in [-0.39, 0.29) is 6.04 Å². The van der Waals surface area contributed by atoms with Crippen molar-refractivity contribution in [1.82, 2.24) is 5.32 Å². The van der Waals surface area contributed by atoms with E-state index in [4.69, 9.17) is 23.2 Å². The molecule has 0 saturated carbocycles. The Labute approximate surface area is 64.3 Å². The van der Waals surface area contributed by atoms with Crippen molar-refractivity contribution in [1.29, 1.82) is 0 Å². The van der Waals surface area contributed by atoms with Gasteiger partial charge in [-0.1, -0.05) is 23.2 Å². The van der Waals surface area contributed by atoms with Crippen molar-refractivity contribution in [2.75, 3.05) is 0 Å². The van der Waals surface area contributed by atoms with Crippen LogP contribution in [0.5, 0.6) is 0 Å². The molecule has 1 atom stereocenters. The van der Waals surface area contributed by atoms with Crippen molar-refractivity contribution in [3.63, 3.8) is 0 Å². The largest absolute Gasteiger partial charge is 0.382 e. The molecular formula is C6H7Cl2N. The van der Waals surface area contributed by atoms with E-state index in [1.54, 1.807) is 12.3 Å². The topological polar surface area (TPSA) is 12.0 Å². The summed E-state index contributed by atoms with van der Waals surface area (Å²) in [6.45, 7) is 1.97. The summed E-state index contributed by atoms with van der Waals surface area (Å²) in [7, 11) is 0. The fourth-order valence-corrected chi connectivity index (χ4v) is 1.000. The Morgan fingerprint density at radius 2 is 2.22 bits per heavy atom. The quantitative estimate of drug-likeness (QED) is 0.578. The highest BCUT2D eigenvalue weighted by Gasteiger charge is 2.07. The number of rotatable bonds is 0. The SMILES string of the molecule is CC1NC=C(Cl)C=C1Cl. The standard InChI is InChI=1S/C6H7Cl2N/c1-4-6(8)2-5(7)3-9-4/h2-4,9H,1H3. The third-order valence-corrected chi connectivity index (χ3v) is 1.82. The Kier molecular flexibility index (Phi) is 2.04. The monoisotopic (exact) mass is 163 g/mol. The molecule has 0 aliphatic carbocycles. The number of allylic oxidation sites excluding steroid dienone is 2. The van der Waals surface area contributed by atoms with Crippen LogP contribution in [-0.2, 0) is 0 Å². The molecule has 0 aromatic carbocycles. The molecule has 3 heteroatoms. The lowest BCUT2D eigenvalue weighted by atomic mass is 10.2. The highest BCUT2D eigenvalue weighted by atomic mass is 35.5. The lowest BCUT2D eigenvalue weighted by Crippen LogP contribution is -2.23. The maximum Gasteiger partial charge on any atom is 0.0587 e.